The molecule has 0 spiro atoms. The summed E-state index contributed by atoms with van der Waals surface area (Å²) in [6.45, 7) is 0. The van der Waals surface area contributed by atoms with Crippen molar-refractivity contribution in [3.8, 4) is 0 Å². The van der Waals surface area contributed by atoms with Gasteiger partial charge < -0.3 is 5.73 Å². The molecule has 0 bridgehead atoms. The molecule has 2 aromatic rings. The Balaban J connectivity index is 1.74. The van der Waals surface area contributed by atoms with Gasteiger partial charge in [0.1, 0.15) is 5.25 Å². The van der Waals surface area contributed by atoms with E-state index < -0.39 is 5.25 Å². The molecule has 1 aliphatic heterocycles. The molecule has 0 saturated carbocycles. The summed E-state index contributed by atoms with van der Waals surface area (Å²) >= 11 is 4.46. The van der Waals surface area contributed by atoms with E-state index in [1.165, 1.54) is 4.90 Å². The van der Waals surface area contributed by atoms with Crippen molar-refractivity contribution in [3.05, 3.63) is 59.1 Å². The molecule has 1 aliphatic rings. The third-order valence-corrected chi connectivity index (χ3v) is 4.96. The van der Waals surface area contributed by atoms with Gasteiger partial charge in [0.15, 0.2) is 5.17 Å². The molecule has 1 atom stereocenters. The number of nitrogens with zero attached hydrogens (tertiary/aromatic N) is 2. The first-order valence-corrected chi connectivity index (χ1v) is 8.90. The van der Waals surface area contributed by atoms with E-state index in [9.17, 15) is 9.59 Å². The Morgan fingerprint density at radius 2 is 1.79 bits per heavy atom. The smallest absolute Gasteiger partial charge is 0.247 e. The quantitative estimate of drug-likeness (QED) is 0.483. The van der Waals surface area contributed by atoms with Crippen molar-refractivity contribution in [2.24, 2.45) is 10.7 Å². The van der Waals surface area contributed by atoms with Gasteiger partial charge in [0.05, 0.1) is 11.4 Å². The van der Waals surface area contributed by atoms with Crippen LogP contribution in [0.25, 0.3) is 0 Å². The number of hydrogen-bond acceptors (Lipinski definition) is 4. The molecule has 0 radical (unpaired) electrons. The van der Waals surface area contributed by atoms with Crippen LogP contribution in [-0.2, 0) is 9.59 Å². The van der Waals surface area contributed by atoms with Crippen LogP contribution in [0.5, 0.6) is 0 Å². The molecule has 5 nitrogen and oxygen atoms in total. The zero-order valence-electron chi connectivity index (χ0n) is 12.6. The highest BCUT2D eigenvalue weighted by molar-refractivity contribution is 9.10. The van der Waals surface area contributed by atoms with Crippen LogP contribution < -0.4 is 10.6 Å². The lowest BCUT2D eigenvalue weighted by Gasteiger charge is -2.14. The number of imide groups is 1. The molecule has 2 aromatic carbocycles. The highest BCUT2D eigenvalue weighted by atomic mass is 79.9. The molecule has 0 aliphatic carbocycles. The molecule has 24 heavy (non-hydrogen) atoms. The summed E-state index contributed by atoms with van der Waals surface area (Å²) in [5, 5.41) is -0.279. The minimum Gasteiger partial charge on any atom is -0.378 e. The Labute approximate surface area is 152 Å². The van der Waals surface area contributed by atoms with Gasteiger partial charge in [-0.1, -0.05) is 45.9 Å². The Kier molecular flexibility index (Phi) is 5.01. The van der Waals surface area contributed by atoms with E-state index in [4.69, 9.17) is 5.73 Å². The average molecular weight is 404 g/mol. The van der Waals surface area contributed by atoms with Crippen molar-refractivity contribution >= 4 is 56.0 Å². The van der Waals surface area contributed by atoms with Gasteiger partial charge in [0, 0.05) is 10.9 Å². The highest BCUT2D eigenvalue weighted by Gasteiger charge is 2.40. The molecule has 7 heteroatoms. The second-order valence-electron chi connectivity index (χ2n) is 5.14. The predicted molar refractivity (Wildman–Crippen MR) is 100 cm³/mol. The van der Waals surface area contributed by atoms with Crippen molar-refractivity contribution in [2.75, 3.05) is 4.90 Å². The van der Waals surface area contributed by atoms with E-state index in [1.54, 1.807) is 24.3 Å². The Morgan fingerprint density at radius 1 is 1.12 bits per heavy atom. The summed E-state index contributed by atoms with van der Waals surface area (Å²) in [7, 11) is 0. The third kappa shape index (κ3) is 3.68. The van der Waals surface area contributed by atoms with E-state index in [-0.39, 0.29) is 23.4 Å². The third-order valence-electron chi connectivity index (χ3n) is 3.45. The molecule has 2 amide bonds. The Hall–Kier alpha value is -2.12. The van der Waals surface area contributed by atoms with E-state index in [0.717, 1.165) is 16.2 Å². The van der Waals surface area contributed by atoms with Crippen LogP contribution >= 0.6 is 27.7 Å². The topological polar surface area (TPSA) is 75.8 Å². The summed E-state index contributed by atoms with van der Waals surface area (Å²) in [4.78, 5) is 30.2. The predicted octanol–water partition coefficient (Wildman–Crippen LogP) is 3.46. The van der Waals surface area contributed by atoms with Gasteiger partial charge in [-0.25, -0.2) is 9.89 Å². The van der Waals surface area contributed by atoms with Crippen LogP contribution in [0.3, 0.4) is 0 Å². The van der Waals surface area contributed by atoms with Gasteiger partial charge in [0.2, 0.25) is 11.8 Å². The summed E-state index contributed by atoms with van der Waals surface area (Å²) in [6, 6.07) is 16.3. The molecule has 122 valence electrons. The highest BCUT2D eigenvalue weighted by Crippen LogP contribution is 2.30. The van der Waals surface area contributed by atoms with Crippen molar-refractivity contribution in [2.45, 2.75) is 11.7 Å². The van der Waals surface area contributed by atoms with Crippen LogP contribution in [0.2, 0.25) is 0 Å². The molecule has 0 aromatic heterocycles. The van der Waals surface area contributed by atoms with E-state index in [1.807, 2.05) is 30.3 Å². The average Bonchev–Trinajstić information content (AvgIpc) is 2.83. The number of para-hydroxylation sites is 1. The zero-order valence-corrected chi connectivity index (χ0v) is 15.0. The minimum absolute atomic E-state index is 0.116. The van der Waals surface area contributed by atoms with E-state index >= 15 is 0 Å². The SMILES string of the molecule is NC(=Nc1ccccc1)S[C@@H]1CC(=O)N(c2ccc(Br)cc2)C1=O. The largest absolute Gasteiger partial charge is 0.378 e. The van der Waals surface area contributed by atoms with Gasteiger partial charge in [-0.2, -0.15) is 0 Å². The number of hydrogen-bond donors (Lipinski definition) is 1. The first-order chi connectivity index (χ1) is 11.5. The van der Waals surface area contributed by atoms with Crippen LogP contribution in [0, 0.1) is 0 Å². The number of rotatable bonds is 3. The first-order valence-electron chi connectivity index (χ1n) is 7.23. The summed E-state index contributed by atoms with van der Waals surface area (Å²) < 4.78 is 0.885. The summed E-state index contributed by atoms with van der Waals surface area (Å²) in [5.74, 6) is -0.495. The summed E-state index contributed by atoms with van der Waals surface area (Å²) in [5.41, 5.74) is 7.20. The molecule has 0 unspecified atom stereocenters. The lowest BCUT2D eigenvalue weighted by Crippen LogP contribution is -2.31. The molecule has 1 heterocycles. The summed E-state index contributed by atoms with van der Waals surface area (Å²) in [6.07, 6.45) is 0.116. The molecular formula is C17H14BrN3O2S. The Morgan fingerprint density at radius 3 is 2.46 bits per heavy atom. The molecule has 1 fully saturated rings. The van der Waals surface area contributed by atoms with Gasteiger partial charge in [-0.3, -0.25) is 9.59 Å². The van der Waals surface area contributed by atoms with Gasteiger partial charge in [-0.05, 0) is 36.4 Å². The maximum absolute atomic E-state index is 12.6. The van der Waals surface area contributed by atoms with Crippen molar-refractivity contribution in [3.63, 3.8) is 0 Å². The second kappa shape index (κ2) is 7.19. The number of halogens is 1. The van der Waals surface area contributed by atoms with E-state index in [2.05, 4.69) is 20.9 Å². The number of carbonyl (C=O) groups is 2. The molecule has 1 saturated heterocycles. The fraction of sp³-hybridized carbons (Fsp3) is 0.118. The maximum Gasteiger partial charge on any atom is 0.247 e. The number of aliphatic imine (C=N–C) groups is 1. The number of amides is 2. The first kappa shape index (κ1) is 16.7. The number of anilines is 1. The second-order valence-corrected chi connectivity index (χ2v) is 7.28. The van der Waals surface area contributed by atoms with Crippen molar-refractivity contribution in [1.82, 2.24) is 0 Å². The van der Waals surface area contributed by atoms with Gasteiger partial charge >= 0.3 is 0 Å². The number of nitrogens with two attached hydrogens (primary N) is 1. The minimum atomic E-state index is -0.548. The molecule has 3 rings (SSSR count). The van der Waals surface area contributed by atoms with Gasteiger partial charge in [-0.15, -0.1) is 0 Å². The maximum atomic E-state index is 12.6. The lowest BCUT2D eigenvalue weighted by molar-refractivity contribution is -0.121. The lowest BCUT2D eigenvalue weighted by atomic mass is 10.3. The fourth-order valence-electron chi connectivity index (χ4n) is 2.36. The number of thioether (sulfide) groups is 1. The molecular weight excluding hydrogens is 390 g/mol. The van der Waals surface area contributed by atoms with E-state index in [0.29, 0.717) is 11.4 Å². The van der Waals surface area contributed by atoms with Crippen LogP contribution in [0.1, 0.15) is 6.42 Å². The van der Waals surface area contributed by atoms with Crippen molar-refractivity contribution in [1.29, 1.82) is 0 Å². The van der Waals surface area contributed by atoms with Crippen LogP contribution in [0.15, 0.2) is 64.1 Å². The Bertz CT molecular complexity index is 793. The van der Waals surface area contributed by atoms with Gasteiger partial charge in [0.25, 0.3) is 0 Å². The number of amidine groups is 1. The standard InChI is InChI=1S/C17H14BrN3O2S/c18-11-6-8-13(9-7-11)21-15(22)10-14(16(21)23)24-17(19)20-12-4-2-1-3-5-12/h1-9,14H,10H2,(H2,19,20)/t14-/m1/s1. The van der Waals surface area contributed by atoms with Crippen LogP contribution in [0.4, 0.5) is 11.4 Å². The number of carbonyl (C=O) groups excluding carboxylic acids is 2. The normalized spacial score (nSPS) is 18.3. The van der Waals surface area contributed by atoms with Crippen molar-refractivity contribution < 1.29 is 9.59 Å². The van der Waals surface area contributed by atoms with Crippen LogP contribution in [-0.4, -0.2) is 22.2 Å². The fourth-order valence-corrected chi connectivity index (χ4v) is 3.51. The molecule has 2 N–H and O–H groups in total. The monoisotopic (exact) mass is 403 g/mol. The number of benzene rings is 2. The zero-order chi connectivity index (χ0) is 17.1.